The first-order valence-corrected chi connectivity index (χ1v) is 9.69. The second-order valence-electron chi connectivity index (χ2n) is 5.69. The molecule has 0 fully saturated rings. The quantitative estimate of drug-likeness (QED) is 0.618. The number of pyridine rings is 1. The Balaban J connectivity index is 1.90. The van der Waals surface area contributed by atoms with Crippen molar-refractivity contribution >= 4 is 21.7 Å². The highest BCUT2D eigenvalue weighted by Crippen LogP contribution is 2.13. The average molecular weight is 374 g/mol. The first kappa shape index (κ1) is 19.6. The van der Waals surface area contributed by atoms with Gasteiger partial charge < -0.3 is 10.6 Å². The molecule has 3 N–H and O–H groups in total. The Hall–Kier alpha value is -2.71. The van der Waals surface area contributed by atoms with Crippen LogP contribution in [-0.4, -0.2) is 26.0 Å². The third-order valence-electron chi connectivity index (χ3n) is 3.57. The van der Waals surface area contributed by atoms with Gasteiger partial charge in [-0.05, 0) is 42.3 Å². The van der Waals surface area contributed by atoms with Crippen molar-refractivity contribution < 1.29 is 13.2 Å². The maximum atomic E-state index is 12.1. The van der Waals surface area contributed by atoms with E-state index in [4.69, 9.17) is 0 Å². The topological polar surface area (TPSA) is 100 Å². The van der Waals surface area contributed by atoms with Crippen LogP contribution in [0, 0.1) is 0 Å². The lowest BCUT2D eigenvalue weighted by Gasteiger charge is -2.15. The monoisotopic (exact) mass is 374 g/mol. The second kappa shape index (κ2) is 9.12. The van der Waals surface area contributed by atoms with Crippen LogP contribution in [0.1, 0.15) is 24.1 Å². The minimum Gasteiger partial charge on any atom is -0.331 e. The first-order chi connectivity index (χ1) is 12.4. The summed E-state index contributed by atoms with van der Waals surface area (Å²) in [5.74, 6) is -0.133. The lowest BCUT2D eigenvalue weighted by molar-refractivity contribution is 0.249. The van der Waals surface area contributed by atoms with Crippen molar-refractivity contribution in [2.24, 2.45) is 0 Å². The summed E-state index contributed by atoms with van der Waals surface area (Å²) >= 11 is 0. The molecule has 0 saturated carbocycles. The van der Waals surface area contributed by atoms with Gasteiger partial charge in [-0.1, -0.05) is 18.2 Å². The summed E-state index contributed by atoms with van der Waals surface area (Å²) < 4.78 is 26.1. The molecule has 1 atom stereocenters. The fraction of sp³-hybridized carbons (Fsp3) is 0.222. The van der Waals surface area contributed by atoms with Crippen LogP contribution in [0.25, 0.3) is 0 Å². The van der Waals surface area contributed by atoms with Crippen molar-refractivity contribution in [3.63, 3.8) is 0 Å². The zero-order chi connectivity index (χ0) is 19.0. The predicted molar refractivity (Wildman–Crippen MR) is 102 cm³/mol. The number of nitrogens with zero attached hydrogens (tertiary/aromatic N) is 1. The lowest BCUT2D eigenvalue weighted by atomic mass is 10.1. The number of sulfonamides is 1. The van der Waals surface area contributed by atoms with E-state index < -0.39 is 10.0 Å². The van der Waals surface area contributed by atoms with Crippen LogP contribution in [-0.2, 0) is 15.8 Å². The van der Waals surface area contributed by atoms with Gasteiger partial charge in [0, 0.05) is 24.6 Å². The fourth-order valence-corrected chi connectivity index (χ4v) is 3.35. The summed E-state index contributed by atoms with van der Waals surface area (Å²) in [4.78, 5) is 16.0. The molecule has 2 aromatic rings. The molecular formula is C18H22N4O3S. The Morgan fingerprint density at radius 3 is 2.46 bits per heavy atom. The van der Waals surface area contributed by atoms with E-state index in [9.17, 15) is 13.2 Å². The number of rotatable bonds is 8. The lowest BCUT2D eigenvalue weighted by Crippen LogP contribution is -2.31. The van der Waals surface area contributed by atoms with Crippen LogP contribution in [0.3, 0.4) is 0 Å². The molecule has 8 heteroatoms. The third-order valence-corrected chi connectivity index (χ3v) is 4.89. The molecule has 0 spiro atoms. The summed E-state index contributed by atoms with van der Waals surface area (Å²) in [6.45, 7) is 5.54. The molecule has 26 heavy (non-hydrogen) atoms. The number of carbonyl (C=O) groups excluding carboxylic acids is 1. The number of benzene rings is 1. The van der Waals surface area contributed by atoms with Gasteiger partial charge in [-0.2, -0.15) is 0 Å². The van der Waals surface area contributed by atoms with Crippen LogP contribution in [0.5, 0.6) is 0 Å². The van der Waals surface area contributed by atoms with Gasteiger partial charge in [0.2, 0.25) is 10.0 Å². The summed E-state index contributed by atoms with van der Waals surface area (Å²) in [6.07, 6.45) is 4.82. The summed E-state index contributed by atoms with van der Waals surface area (Å²) in [6, 6.07) is 9.80. The molecule has 0 saturated heterocycles. The van der Waals surface area contributed by atoms with Crippen molar-refractivity contribution in [1.82, 2.24) is 15.0 Å². The van der Waals surface area contributed by atoms with Crippen LogP contribution in [0.2, 0.25) is 0 Å². The molecule has 138 valence electrons. The van der Waals surface area contributed by atoms with Crippen molar-refractivity contribution in [2.45, 2.75) is 18.7 Å². The highest BCUT2D eigenvalue weighted by molar-refractivity contribution is 7.88. The van der Waals surface area contributed by atoms with Crippen LogP contribution >= 0.6 is 0 Å². The number of urea groups is 1. The van der Waals surface area contributed by atoms with E-state index in [2.05, 4.69) is 26.9 Å². The molecule has 0 aliphatic heterocycles. The van der Waals surface area contributed by atoms with Gasteiger partial charge in [0.1, 0.15) is 0 Å². The number of carbonyl (C=O) groups is 1. The SMILES string of the molecule is C=CCNS(=O)(=O)Cc1ccc(NC(=O)NC(C)c2ccncc2)cc1. The maximum Gasteiger partial charge on any atom is 0.319 e. The molecule has 0 bridgehead atoms. The fourth-order valence-electron chi connectivity index (χ4n) is 2.24. The number of hydrogen-bond donors (Lipinski definition) is 3. The third kappa shape index (κ3) is 6.30. The van der Waals surface area contributed by atoms with Crippen molar-refractivity contribution in [2.75, 3.05) is 11.9 Å². The van der Waals surface area contributed by atoms with Crippen LogP contribution in [0.15, 0.2) is 61.4 Å². The highest BCUT2D eigenvalue weighted by Gasteiger charge is 2.11. The molecule has 7 nitrogen and oxygen atoms in total. The molecule has 0 radical (unpaired) electrons. The van der Waals surface area contributed by atoms with E-state index in [1.54, 1.807) is 36.7 Å². The molecule has 1 heterocycles. The molecule has 2 amide bonds. The Kier molecular flexibility index (Phi) is 6.88. The average Bonchev–Trinajstić information content (AvgIpc) is 2.62. The predicted octanol–water partition coefficient (Wildman–Crippen LogP) is 2.57. The van der Waals surface area contributed by atoms with Gasteiger partial charge in [0.05, 0.1) is 11.8 Å². The first-order valence-electron chi connectivity index (χ1n) is 8.04. The molecular weight excluding hydrogens is 352 g/mol. The molecule has 1 aromatic heterocycles. The van der Waals surface area contributed by atoms with E-state index in [1.807, 2.05) is 19.1 Å². The Morgan fingerprint density at radius 1 is 1.19 bits per heavy atom. The smallest absolute Gasteiger partial charge is 0.319 e. The Bertz CT molecular complexity index is 836. The van der Waals surface area contributed by atoms with Crippen molar-refractivity contribution in [1.29, 1.82) is 0 Å². The van der Waals surface area contributed by atoms with Crippen molar-refractivity contribution in [3.8, 4) is 0 Å². The molecule has 1 aromatic carbocycles. The van der Waals surface area contributed by atoms with Crippen LogP contribution in [0.4, 0.5) is 10.5 Å². The zero-order valence-corrected chi connectivity index (χ0v) is 15.3. The van der Waals surface area contributed by atoms with E-state index in [1.165, 1.54) is 6.08 Å². The van der Waals surface area contributed by atoms with E-state index >= 15 is 0 Å². The number of aromatic nitrogens is 1. The summed E-state index contributed by atoms with van der Waals surface area (Å²) in [7, 11) is -3.41. The molecule has 1 unspecified atom stereocenters. The Labute approximate surface area is 153 Å². The van der Waals surface area contributed by atoms with E-state index in [0.29, 0.717) is 11.3 Å². The minimum atomic E-state index is -3.41. The van der Waals surface area contributed by atoms with E-state index in [0.717, 1.165) is 5.56 Å². The minimum absolute atomic E-state index is 0.133. The number of hydrogen-bond acceptors (Lipinski definition) is 4. The standard InChI is InChI=1S/C18H22N4O3S/c1-3-10-20-26(24,25)13-15-4-6-17(7-5-15)22-18(23)21-14(2)16-8-11-19-12-9-16/h3-9,11-12,14,20H,1,10,13H2,2H3,(H2,21,22,23). The largest absolute Gasteiger partial charge is 0.331 e. The second-order valence-corrected chi connectivity index (χ2v) is 7.50. The normalized spacial score (nSPS) is 12.2. The van der Waals surface area contributed by atoms with Gasteiger partial charge in [0.15, 0.2) is 0 Å². The Morgan fingerprint density at radius 2 is 1.85 bits per heavy atom. The van der Waals surface area contributed by atoms with Gasteiger partial charge in [-0.3, -0.25) is 4.98 Å². The van der Waals surface area contributed by atoms with Gasteiger partial charge >= 0.3 is 6.03 Å². The maximum absolute atomic E-state index is 12.1. The van der Waals surface area contributed by atoms with Crippen LogP contribution < -0.4 is 15.4 Å². The van der Waals surface area contributed by atoms with Gasteiger partial charge in [-0.25, -0.2) is 17.9 Å². The molecule has 2 rings (SSSR count). The number of amides is 2. The molecule has 0 aliphatic rings. The van der Waals surface area contributed by atoms with Crippen molar-refractivity contribution in [3.05, 3.63) is 72.6 Å². The zero-order valence-electron chi connectivity index (χ0n) is 14.5. The van der Waals surface area contributed by atoms with Gasteiger partial charge in [0.25, 0.3) is 0 Å². The number of nitrogens with one attached hydrogen (secondary N) is 3. The van der Waals surface area contributed by atoms with E-state index in [-0.39, 0.29) is 24.4 Å². The highest BCUT2D eigenvalue weighted by atomic mass is 32.2. The number of anilines is 1. The summed E-state index contributed by atoms with van der Waals surface area (Å²) in [5.41, 5.74) is 2.14. The van der Waals surface area contributed by atoms with Gasteiger partial charge in [-0.15, -0.1) is 6.58 Å². The summed E-state index contributed by atoms with van der Waals surface area (Å²) in [5, 5.41) is 5.55. The molecule has 0 aliphatic carbocycles.